The summed E-state index contributed by atoms with van der Waals surface area (Å²) in [6.07, 6.45) is 4.91. The second kappa shape index (κ2) is 7.61. The van der Waals surface area contributed by atoms with Crippen LogP contribution in [0.5, 0.6) is 5.75 Å². The zero-order valence-electron chi connectivity index (χ0n) is 14.9. The third kappa shape index (κ3) is 4.43. The lowest BCUT2D eigenvalue weighted by Crippen LogP contribution is -2.18. The minimum absolute atomic E-state index is 0.0812. The maximum absolute atomic E-state index is 12.1. The molecule has 1 N–H and O–H groups in total. The molecule has 136 valence electrons. The van der Waals surface area contributed by atoms with E-state index in [2.05, 4.69) is 21.6 Å². The summed E-state index contributed by atoms with van der Waals surface area (Å²) in [4.78, 5) is 12.1. The molecule has 0 bridgehead atoms. The summed E-state index contributed by atoms with van der Waals surface area (Å²) in [5.41, 5.74) is 3.54. The largest absolute Gasteiger partial charge is 0.471 e. The number of amides is 1. The van der Waals surface area contributed by atoms with Crippen molar-refractivity contribution >= 4 is 23.2 Å². The van der Waals surface area contributed by atoms with Crippen LogP contribution in [0.25, 0.3) is 0 Å². The van der Waals surface area contributed by atoms with Gasteiger partial charge in [0.25, 0.3) is 0 Å². The van der Waals surface area contributed by atoms with Crippen molar-refractivity contribution in [1.29, 1.82) is 0 Å². The van der Waals surface area contributed by atoms with Crippen LogP contribution in [0.2, 0.25) is 5.02 Å². The number of halogens is 1. The summed E-state index contributed by atoms with van der Waals surface area (Å²) in [5.74, 6) is 0.599. The van der Waals surface area contributed by atoms with Crippen molar-refractivity contribution < 1.29 is 9.53 Å². The van der Waals surface area contributed by atoms with Gasteiger partial charge in [-0.1, -0.05) is 29.3 Å². The van der Waals surface area contributed by atoms with Crippen LogP contribution in [-0.2, 0) is 18.1 Å². The van der Waals surface area contributed by atoms with Crippen molar-refractivity contribution in [2.24, 2.45) is 0 Å². The van der Waals surface area contributed by atoms with Gasteiger partial charge in [-0.3, -0.25) is 9.48 Å². The van der Waals surface area contributed by atoms with E-state index in [1.54, 1.807) is 30.2 Å². The molecule has 0 aliphatic carbocycles. The number of aryl methyl sites for hydroxylation is 3. The van der Waals surface area contributed by atoms with Gasteiger partial charge < -0.3 is 10.1 Å². The van der Waals surface area contributed by atoms with Crippen molar-refractivity contribution in [2.75, 3.05) is 5.32 Å². The van der Waals surface area contributed by atoms with Gasteiger partial charge in [0.05, 0.1) is 28.8 Å². The average Bonchev–Trinajstić information content (AvgIpc) is 3.13. The van der Waals surface area contributed by atoms with Crippen LogP contribution >= 0.6 is 11.6 Å². The molecule has 8 heteroatoms. The molecule has 1 aromatic carbocycles. The number of nitrogens with one attached hydrogen (secondary N) is 1. The summed E-state index contributed by atoms with van der Waals surface area (Å²) < 4.78 is 8.88. The minimum atomic E-state index is -0.209. The predicted molar refractivity (Wildman–Crippen MR) is 99.4 cm³/mol. The van der Waals surface area contributed by atoms with Gasteiger partial charge in [-0.05, 0) is 32.4 Å². The lowest BCUT2D eigenvalue weighted by atomic mass is 10.1. The van der Waals surface area contributed by atoms with E-state index in [1.165, 1.54) is 10.2 Å². The first-order chi connectivity index (χ1) is 12.4. The van der Waals surface area contributed by atoms with Gasteiger partial charge in [-0.15, -0.1) is 0 Å². The molecular weight excluding hydrogens is 354 g/mol. The fourth-order valence-electron chi connectivity index (χ4n) is 2.52. The Morgan fingerprint density at radius 2 is 2.04 bits per heavy atom. The smallest absolute Gasteiger partial charge is 0.246 e. The number of hydrogen-bond donors (Lipinski definition) is 1. The zero-order valence-corrected chi connectivity index (χ0v) is 15.6. The van der Waals surface area contributed by atoms with Gasteiger partial charge in [-0.2, -0.15) is 10.2 Å². The summed E-state index contributed by atoms with van der Waals surface area (Å²) in [5, 5.41) is 11.7. The Bertz CT molecular complexity index is 912. The van der Waals surface area contributed by atoms with Gasteiger partial charge in [0.15, 0.2) is 6.73 Å². The maximum atomic E-state index is 12.1. The van der Waals surface area contributed by atoms with Crippen LogP contribution in [0, 0.1) is 20.8 Å². The quantitative estimate of drug-likeness (QED) is 0.719. The van der Waals surface area contributed by atoms with Crippen LogP contribution in [0.15, 0.2) is 36.8 Å². The molecule has 3 rings (SSSR count). The predicted octanol–water partition coefficient (Wildman–Crippen LogP) is 3.33. The van der Waals surface area contributed by atoms with Crippen molar-refractivity contribution in [3.8, 4) is 5.75 Å². The van der Waals surface area contributed by atoms with Crippen molar-refractivity contribution in [3.05, 3.63) is 58.6 Å². The number of aromatic nitrogens is 4. The number of rotatable bonds is 6. The molecule has 0 saturated carbocycles. The second-order valence-electron chi connectivity index (χ2n) is 6.12. The highest BCUT2D eigenvalue weighted by Crippen LogP contribution is 2.19. The molecule has 26 heavy (non-hydrogen) atoms. The Balaban J connectivity index is 1.54. The number of nitrogens with zero attached hydrogens (tertiary/aromatic N) is 4. The molecule has 7 nitrogen and oxygen atoms in total. The summed E-state index contributed by atoms with van der Waals surface area (Å²) >= 11 is 5.94. The number of anilines is 1. The Morgan fingerprint density at radius 3 is 2.73 bits per heavy atom. The Hall–Kier alpha value is -2.80. The van der Waals surface area contributed by atoms with E-state index < -0.39 is 0 Å². The lowest BCUT2D eigenvalue weighted by molar-refractivity contribution is -0.116. The van der Waals surface area contributed by atoms with Crippen LogP contribution in [0.4, 0.5) is 5.69 Å². The summed E-state index contributed by atoms with van der Waals surface area (Å²) in [6, 6.07) is 6.00. The molecule has 1 amide bonds. The van der Waals surface area contributed by atoms with Crippen LogP contribution < -0.4 is 10.1 Å². The summed E-state index contributed by atoms with van der Waals surface area (Å²) in [6.45, 7) is 6.17. The molecule has 0 unspecified atom stereocenters. The molecule has 0 radical (unpaired) electrons. The number of ether oxygens (including phenoxy) is 1. The molecule has 3 aromatic rings. The average molecular weight is 374 g/mol. The zero-order chi connectivity index (χ0) is 18.7. The van der Waals surface area contributed by atoms with Crippen LogP contribution in [-0.4, -0.2) is 25.5 Å². The van der Waals surface area contributed by atoms with Gasteiger partial charge in [0.1, 0.15) is 12.3 Å². The first-order valence-electron chi connectivity index (χ1n) is 8.12. The molecule has 0 aliphatic heterocycles. The van der Waals surface area contributed by atoms with Gasteiger partial charge in [-0.25, -0.2) is 4.68 Å². The molecular formula is C18H20ClN5O2. The van der Waals surface area contributed by atoms with E-state index >= 15 is 0 Å². The Kier molecular flexibility index (Phi) is 5.27. The van der Waals surface area contributed by atoms with E-state index in [4.69, 9.17) is 16.3 Å². The van der Waals surface area contributed by atoms with Crippen LogP contribution in [0.3, 0.4) is 0 Å². The molecule has 2 aromatic heterocycles. The molecule has 0 aliphatic rings. The molecule has 0 atom stereocenters. The van der Waals surface area contributed by atoms with E-state index in [0.29, 0.717) is 16.4 Å². The number of carbonyl (C=O) groups excluding carboxylic acids is 1. The number of hydrogen-bond acceptors (Lipinski definition) is 4. The normalized spacial score (nSPS) is 10.8. The molecule has 0 spiro atoms. The number of benzene rings is 1. The highest BCUT2D eigenvalue weighted by molar-refractivity contribution is 6.31. The fourth-order valence-corrected chi connectivity index (χ4v) is 2.67. The topological polar surface area (TPSA) is 74.0 Å². The monoisotopic (exact) mass is 373 g/mol. The van der Waals surface area contributed by atoms with E-state index in [9.17, 15) is 4.79 Å². The second-order valence-corrected chi connectivity index (χ2v) is 6.53. The van der Waals surface area contributed by atoms with E-state index in [-0.39, 0.29) is 19.2 Å². The third-order valence-electron chi connectivity index (χ3n) is 3.79. The van der Waals surface area contributed by atoms with Crippen LogP contribution in [0.1, 0.15) is 16.8 Å². The SMILES string of the molecule is Cc1ccc(OCn2cc(NC(=O)Cn3cc(Cl)c(C)n3)cn2)c(C)c1. The van der Waals surface area contributed by atoms with Crippen molar-refractivity contribution in [2.45, 2.75) is 34.0 Å². The first kappa shape index (κ1) is 18.0. The van der Waals surface area contributed by atoms with E-state index in [0.717, 1.165) is 11.3 Å². The van der Waals surface area contributed by atoms with Crippen molar-refractivity contribution in [3.63, 3.8) is 0 Å². The fraction of sp³-hybridized carbons (Fsp3) is 0.278. The lowest BCUT2D eigenvalue weighted by Gasteiger charge is -2.09. The minimum Gasteiger partial charge on any atom is -0.471 e. The number of carbonyl (C=O) groups is 1. The highest BCUT2D eigenvalue weighted by atomic mass is 35.5. The molecule has 2 heterocycles. The van der Waals surface area contributed by atoms with Gasteiger partial charge in [0.2, 0.25) is 5.91 Å². The standard InChI is InChI=1S/C18H20ClN5O2/c1-12-4-5-17(13(2)6-12)26-11-24-8-15(7-20-24)21-18(25)10-23-9-16(19)14(3)22-23/h4-9H,10-11H2,1-3H3,(H,21,25). The first-order valence-corrected chi connectivity index (χ1v) is 8.50. The third-order valence-corrected chi connectivity index (χ3v) is 4.16. The summed E-state index contributed by atoms with van der Waals surface area (Å²) in [7, 11) is 0. The Labute approximate surface area is 156 Å². The van der Waals surface area contributed by atoms with Gasteiger partial charge in [0, 0.05) is 6.20 Å². The van der Waals surface area contributed by atoms with E-state index in [1.807, 2.05) is 26.0 Å². The molecule has 0 fully saturated rings. The van der Waals surface area contributed by atoms with Gasteiger partial charge >= 0.3 is 0 Å². The van der Waals surface area contributed by atoms with Crippen molar-refractivity contribution in [1.82, 2.24) is 19.6 Å². The Morgan fingerprint density at radius 1 is 1.23 bits per heavy atom. The maximum Gasteiger partial charge on any atom is 0.246 e. The molecule has 0 saturated heterocycles. The highest BCUT2D eigenvalue weighted by Gasteiger charge is 2.09.